The van der Waals surface area contributed by atoms with E-state index in [1.54, 1.807) is 11.1 Å². The van der Waals surface area contributed by atoms with E-state index < -0.39 is 0 Å². The molecule has 2 aliphatic carbocycles. The van der Waals surface area contributed by atoms with Crippen LogP contribution in [0.25, 0.3) is 11.1 Å². The van der Waals surface area contributed by atoms with Gasteiger partial charge >= 0.3 is 0 Å². The lowest BCUT2D eigenvalue weighted by Crippen LogP contribution is -2.28. The summed E-state index contributed by atoms with van der Waals surface area (Å²) in [5, 5.41) is 0. The molecule has 2 aromatic rings. The lowest BCUT2D eigenvalue weighted by Gasteiger charge is -2.36. The summed E-state index contributed by atoms with van der Waals surface area (Å²) in [6.07, 6.45) is 6.82. The molecule has 1 spiro atoms. The highest BCUT2D eigenvalue weighted by Crippen LogP contribution is 2.55. The van der Waals surface area contributed by atoms with E-state index in [2.05, 4.69) is 50.2 Å². The quantitative estimate of drug-likeness (QED) is 0.515. The average molecular weight is 292 g/mol. The Kier molecular flexibility index (Phi) is 4.12. The highest BCUT2D eigenvalue weighted by molar-refractivity contribution is 5.81. The van der Waals surface area contributed by atoms with Gasteiger partial charge in [0.15, 0.2) is 0 Å². The Morgan fingerprint density at radius 2 is 1.14 bits per heavy atom. The molecule has 22 heavy (non-hydrogen) atoms. The fourth-order valence-corrected chi connectivity index (χ4v) is 4.42. The van der Waals surface area contributed by atoms with Crippen molar-refractivity contribution < 1.29 is 0 Å². The predicted octanol–water partition coefficient (Wildman–Crippen LogP) is 6.56. The van der Waals surface area contributed by atoms with Gasteiger partial charge in [0.05, 0.1) is 0 Å². The molecule has 4 rings (SSSR count). The second-order valence-electron chi connectivity index (χ2n) is 6.74. The van der Waals surface area contributed by atoms with Gasteiger partial charge in [0.1, 0.15) is 0 Å². The maximum absolute atomic E-state index is 2.45. The molecule has 0 aromatic heterocycles. The minimum atomic E-state index is 0.320. The fourth-order valence-electron chi connectivity index (χ4n) is 4.42. The van der Waals surface area contributed by atoms with E-state index in [-0.39, 0.29) is 0 Å². The molecule has 0 heteroatoms. The Balaban J connectivity index is 0.000000693. The molecule has 0 nitrogen and oxygen atoms in total. The van der Waals surface area contributed by atoms with Gasteiger partial charge in [0.2, 0.25) is 0 Å². The molecule has 0 heterocycles. The molecule has 0 atom stereocenters. The molecule has 0 amide bonds. The zero-order valence-electron chi connectivity index (χ0n) is 14.5. The van der Waals surface area contributed by atoms with Crippen LogP contribution in [0.5, 0.6) is 0 Å². The molecule has 2 aromatic carbocycles. The Labute approximate surface area is 135 Å². The SMILES string of the molecule is CC.Cc1ccc2c(c1)C1(CCCCC1)c1cc(C)ccc1-2. The molecule has 2 aliphatic rings. The first-order chi connectivity index (χ1) is 10.7. The van der Waals surface area contributed by atoms with Gasteiger partial charge in [-0.15, -0.1) is 0 Å². The number of hydrogen-bond acceptors (Lipinski definition) is 0. The molecule has 0 aliphatic heterocycles. The van der Waals surface area contributed by atoms with Gasteiger partial charge in [-0.3, -0.25) is 0 Å². The molecule has 0 unspecified atom stereocenters. The fraction of sp³-hybridized carbons (Fsp3) is 0.455. The van der Waals surface area contributed by atoms with Gasteiger partial charge in [-0.25, -0.2) is 0 Å². The lowest BCUT2D eigenvalue weighted by molar-refractivity contribution is 0.352. The summed E-state index contributed by atoms with van der Waals surface area (Å²) in [7, 11) is 0. The van der Waals surface area contributed by atoms with Crippen molar-refractivity contribution in [3.05, 3.63) is 58.7 Å². The third-order valence-corrected chi connectivity index (χ3v) is 5.38. The van der Waals surface area contributed by atoms with E-state index in [0.29, 0.717) is 5.41 Å². The predicted molar refractivity (Wildman–Crippen MR) is 96.6 cm³/mol. The van der Waals surface area contributed by atoms with Crippen LogP contribution in [-0.2, 0) is 5.41 Å². The summed E-state index contributed by atoms with van der Waals surface area (Å²) in [6.45, 7) is 8.45. The van der Waals surface area contributed by atoms with E-state index in [1.807, 2.05) is 13.8 Å². The first kappa shape index (κ1) is 15.3. The van der Waals surface area contributed by atoms with Gasteiger partial charge in [-0.05, 0) is 48.9 Å². The number of hydrogen-bond donors (Lipinski definition) is 0. The number of aryl methyl sites for hydroxylation is 2. The Morgan fingerprint density at radius 3 is 1.59 bits per heavy atom. The monoisotopic (exact) mass is 292 g/mol. The van der Waals surface area contributed by atoms with Gasteiger partial charge in [-0.1, -0.05) is 80.6 Å². The van der Waals surface area contributed by atoms with Crippen molar-refractivity contribution in [2.75, 3.05) is 0 Å². The molecular formula is C22H28. The summed E-state index contributed by atoms with van der Waals surface area (Å²) in [5.74, 6) is 0. The normalized spacial score (nSPS) is 17.5. The van der Waals surface area contributed by atoms with Crippen LogP contribution in [0.4, 0.5) is 0 Å². The Hall–Kier alpha value is -1.56. The zero-order valence-corrected chi connectivity index (χ0v) is 14.5. The van der Waals surface area contributed by atoms with Crippen LogP contribution >= 0.6 is 0 Å². The number of fused-ring (bicyclic) bond motifs is 5. The molecular weight excluding hydrogens is 264 g/mol. The van der Waals surface area contributed by atoms with E-state index >= 15 is 0 Å². The summed E-state index contributed by atoms with van der Waals surface area (Å²) in [5.41, 5.74) is 9.33. The summed E-state index contributed by atoms with van der Waals surface area (Å²) >= 11 is 0. The summed E-state index contributed by atoms with van der Waals surface area (Å²) in [4.78, 5) is 0. The van der Waals surface area contributed by atoms with Crippen molar-refractivity contribution in [3.8, 4) is 11.1 Å². The third-order valence-electron chi connectivity index (χ3n) is 5.38. The molecule has 0 saturated heterocycles. The molecule has 1 fully saturated rings. The number of benzene rings is 2. The van der Waals surface area contributed by atoms with Crippen LogP contribution in [0.2, 0.25) is 0 Å². The zero-order chi connectivity index (χ0) is 15.7. The molecule has 0 radical (unpaired) electrons. The van der Waals surface area contributed by atoms with Gasteiger partial charge in [0.25, 0.3) is 0 Å². The van der Waals surface area contributed by atoms with E-state index in [4.69, 9.17) is 0 Å². The Bertz CT molecular complexity index is 619. The van der Waals surface area contributed by atoms with Crippen molar-refractivity contribution in [1.82, 2.24) is 0 Å². The van der Waals surface area contributed by atoms with Crippen molar-refractivity contribution >= 4 is 0 Å². The third kappa shape index (κ3) is 2.20. The second kappa shape index (κ2) is 5.91. The topological polar surface area (TPSA) is 0 Å². The average Bonchev–Trinajstić information content (AvgIpc) is 2.80. The van der Waals surface area contributed by atoms with Crippen LogP contribution in [0, 0.1) is 13.8 Å². The first-order valence-corrected chi connectivity index (χ1v) is 8.93. The Morgan fingerprint density at radius 1 is 0.682 bits per heavy atom. The van der Waals surface area contributed by atoms with Gasteiger partial charge < -0.3 is 0 Å². The van der Waals surface area contributed by atoms with E-state index in [9.17, 15) is 0 Å². The van der Waals surface area contributed by atoms with Crippen LogP contribution in [0.1, 0.15) is 68.2 Å². The van der Waals surface area contributed by atoms with Gasteiger partial charge in [0, 0.05) is 5.41 Å². The highest BCUT2D eigenvalue weighted by Gasteiger charge is 2.43. The largest absolute Gasteiger partial charge is 0.0683 e. The maximum Gasteiger partial charge on any atom is 0.0215 e. The van der Waals surface area contributed by atoms with Crippen molar-refractivity contribution in [3.63, 3.8) is 0 Å². The van der Waals surface area contributed by atoms with Crippen LogP contribution < -0.4 is 0 Å². The molecule has 116 valence electrons. The minimum Gasteiger partial charge on any atom is -0.0683 e. The minimum absolute atomic E-state index is 0.320. The molecule has 1 saturated carbocycles. The van der Waals surface area contributed by atoms with Crippen molar-refractivity contribution in [2.24, 2.45) is 0 Å². The highest BCUT2D eigenvalue weighted by atomic mass is 14.5. The summed E-state index contributed by atoms with van der Waals surface area (Å²) in [6, 6.07) is 14.1. The van der Waals surface area contributed by atoms with Gasteiger partial charge in [-0.2, -0.15) is 0 Å². The van der Waals surface area contributed by atoms with Crippen molar-refractivity contribution in [2.45, 2.75) is 65.2 Å². The standard InChI is InChI=1S/C20H22.C2H6/c1-14-6-8-16-17-9-7-15(2)13-19(17)20(18(16)12-14)10-4-3-5-11-20;1-2/h6-9,12-13H,3-5,10-11H2,1-2H3;1-2H3. The van der Waals surface area contributed by atoms with E-state index in [0.717, 1.165) is 0 Å². The first-order valence-electron chi connectivity index (χ1n) is 8.93. The second-order valence-corrected chi connectivity index (χ2v) is 6.74. The maximum atomic E-state index is 2.45. The smallest absolute Gasteiger partial charge is 0.0215 e. The van der Waals surface area contributed by atoms with Crippen LogP contribution in [-0.4, -0.2) is 0 Å². The van der Waals surface area contributed by atoms with Crippen LogP contribution in [0.15, 0.2) is 36.4 Å². The molecule has 0 bridgehead atoms. The summed E-state index contributed by atoms with van der Waals surface area (Å²) < 4.78 is 0. The van der Waals surface area contributed by atoms with E-state index in [1.165, 1.54) is 54.4 Å². The lowest BCUT2D eigenvalue weighted by atomic mass is 9.67. The number of rotatable bonds is 0. The van der Waals surface area contributed by atoms with Crippen LogP contribution in [0.3, 0.4) is 0 Å². The van der Waals surface area contributed by atoms with Crippen molar-refractivity contribution in [1.29, 1.82) is 0 Å². The molecule has 0 N–H and O–H groups in total.